The fourth-order valence-corrected chi connectivity index (χ4v) is 3.52. The molecule has 0 aliphatic carbocycles. The Labute approximate surface area is 182 Å². The maximum atomic E-state index is 12.7. The summed E-state index contributed by atoms with van der Waals surface area (Å²) in [6, 6.07) is 14.4. The Bertz CT molecular complexity index is 812. The number of nitrogens with zero attached hydrogens (tertiary/aromatic N) is 1. The van der Waals surface area contributed by atoms with Crippen molar-refractivity contribution in [1.82, 2.24) is 15.5 Å². The van der Waals surface area contributed by atoms with E-state index in [4.69, 9.17) is 11.6 Å². The zero-order valence-corrected chi connectivity index (χ0v) is 18.6. The molecule has 29 heavy (non-hydrogen) atoms. The van der Waals surface area contributed by atoms with Crippen molar-refractivity contribution in [2.75, 3.05) is 26.1 Å². The molecule has 2 aromatic rings. The predicted octanol–water partition coefficient (Wildman–Crippen LogP) is 3.57. The zero-order chi connectivity index (χ0) is 21.2. The van der Waals surface area contributed by atoms with Crippen molar-refractivity contribution in [2.45, 2.75) is 25.6 Å². The molecule has 2 amide bonds. The number of rotatable bonds is 10. The van der Waals surface area contributed by atoms with Gasteiger partial charge in [0.1, 0.15) is 6.04 Å². The molecule has 7 heteroatoms. The maximum Gasteiger partial charge on any atom is 0.253 e. The first-order valence-corrected chi connectivity index (χ1v) is 11.2. The smallest absolute Gasteiger partial charge is 0.253 e. The molecule has 0 spiro atoms. The van der Waals surface area contributed by atoms with Crippen LogP contribution in [0.2, 0.25) is 5.02 Å². The molecule has 2 rings (SSSR count). The molecule has 5 nitrogen and oxygen atoms in total. The van der Waals surface area contributed by atoms with Gasteiger partial charge in [0.25, 0.3) is 5.91 Å². The molecule has 0 bridgehead atoms. The highest BCUT2D eigenvalue weighted by Crippen LogP contribution is 2.15. The molecule has 2 N–H and O–H groups in total. The first-order chi connectivity index (χ1) is 13.9. The lowest BCUT2D eigenvalue weighted by molar-refractivity contribution is -0.123. The number of thioether (sulfide) groups is 1. The van der Waals surface area contributed by atoms with Crippen LogP contribution in [0.15, 0.2) is 48.5 Å². The summed E-state index contributed by atoms with van der Waals surface area (Å²) in [5.74, 6) is 0.224. The first-order valence-electron chi connectivity index (χ1n) is 9.45. The molecule has 0 heterocycles. The summed E-state index contributed by atoms with van der Waals surface area (Å²) in [6.07, 6.45) is 2.52. The lowest BCUT2D eigenvalue weighted by atomic mass is 10.1. The van der Waals surface area contributed by atoms with Crippen molar-refractivity contribution in [1.29, 1.82) is 0 Å². The van der Waals surface area contributed by atoms with E-state index >= 15 is 0 Å². The third-order valence-corrected chi connectivity index (χ3v) is 5.31. The van der Waals surface area contributed by atoms with Crippen molar-refractivity contribution >= 4 is 35.2 Å². The average Bonchev–Trinajstić information content (AvgIpc) is 2.70. The maximum absolute atomic E-state index is 12.7. The van der Waals surface area contributed by atoms with Gasteiger partial charge >= 0.3 is 0 Å². The van der Waals surface area contributed by atoms with Gasteiger partial charge in [-0.05, 0) is 55.8 Å². The first kappa shape index (κ1) is 23.3. The van der Waals surface area contributed by atoms with Crippen molar-refractivity contribution < 1.29 is 9.59 Å². The number of benzene rings is 2. The van der Waals surface area contributed by atoms with Crippen LogP contribution in [-0.2, 0) is 17.9 Å². The largest absolute Gasteiger partial charge is 0.350 e. The molecule has 0 aromatic heterocycles. The molecule has 0 radical (unpaired) electrons. The number of halogens is 1. The normalized spacial score (nSPS) is 11.9. The third kappa shape index (κ3) is 7.72. The lowest BCUT2D eigenvalue weighted by Crippen LogP contribution is -2.47. The second-order valence-corrected chi connectivity index (χ2v) is 8.45. The van der Waals surface area contributed by atoms with E-state index in [-0.39, 0.29) is 11.8 Å². The molecule has 2 aromatic carbocycles. The topological polar surface area (TPSA) is 61.4 Å². The van der Waals surface area contributed by atoms with E-state index in [1.807, 2.05) is 32.5 Å². The van der Waals surface area contributed by atoms with E-state index in [2.05, 4.69) is 27.7 Å². The highest BCUT2D eigenvalue weighted by atomic mass is 35.5. The van der Waals surface area contributed by atoms with Gasteiger partial charge in [-0.2, -0.15) is 11.8 Å². The van der Waals surface area contributed by atoms with Crippen molar-refractivity contribution in [3.8, 4) is 0 Å². The van der Waals surface area contributed by atoms with Crippen LogP contribution in [0.25, 0.3) is 0 Å². The number of carbonyl (C=O) groups is 2. The Balaban J connectivity index is 1.97. The van der Waals surface area contributed by atoms with E-state index in [0.29, 0.717) is 23.6 Å². The van der Waals surface area contributed by atoms with Crippen LogP contribution in [0.4, 0.5) is 0 Å². The minimum Gasteiger partial charge on any atom is -0.350 e. The fraction of sp³-hybridized carbons (Fsp3) is 0.364. The molecule has 0 aliphatic rings. The molecule has 0 saturated heterocycles. The molecule has 1 atom stereocenters. The predicted molar refractivity (Wildman–Crippen MR) is 121 cm³/mol. The van der Waals surface area contributed by atoms with E-state index in [0.717, 1.165) is 17.9 Å². The fourth-order valence-electron chi connectivity index (χ4n) is 2.83. The number of hydrogen-bond donors (Lipinski definition) is 2. The molecule has 0 aliphatic heterocycles. The van der Waals surface area contributed by atoms with E-state index < -0.39 is 6.04 Å². The van der Waals surface area contributed by atoms with Crippen molar-refractivity contribution in [3.63, 3.8) is 0 Å². The highest BCUT2D eigenvalue weighted by molar-refractivity contribution is 7.98. The van der Waals surface area contributed by atoms with E-state index in [1.54, 1.807) is 36.0 Å². The Morgan fingerprint density at radius 1 is 1.07 bits per heavy atom. The Morgan fingerprint density at radius 2 is 1.72 bits per heavy atom. The second kappa shape index (κ2) is 11.9. The monoisotopic (exact) mass is 433 g/mol. The Morgan fingerprint density at radius 3 is 2.34 bits per heavy atom. The van der Waals surface area contributed by atoms with Crippen LogP contribution in [-0.4, -0.2) is 48.9 Å². The zero-order valence-electron chi connectivity index (χ0n) is 17.1. The SMILES string of the molecule is CSCCC(NC(=O)c1ccccc1Cl)C(=O)NCc1ccc(CN(C)C)cc1. The van der Waals surface area contributed by atoms with Gasteiger partial charge in [-0.1, -0.05) is 48.0 Å². The van der Waals surface area contributed by atoms with Gasteiger partial charge in [0.15, 0.2) is 0 Å². The van der Waals surface area contributed by atoms with Crippen LogP contribution >= 0.6 is 23.4 Å². The molecular weight excluding hydrogens is 406 g/mol. The van der Waals surface area contributed by atoms with Crippen LogP contribution in [0.1, 0.15) is 27.9 Å². The van der Waals surface area contributed by atoms with Gasteiger partial charge < -0.3 is 15.5 Å². The van der Waals surface area contributed by atoms with Gasteiger partial charge in [0.2, 0.25) is 5.91 Å². The lowest BCUT2D eigenvalue weighted by Gasteiger charge is -2.19. The second-order valence-electron chi connectivity index (χ2n) is 7.06. The summed E-state index contributed by atoms with van der Waals surface area (Å²) in [5.41, 5.74) is 2.60. The summed E-state index contributed by atoms with van der Waals surface area (Å²) >= 11 is 7.74. The minimum atomic E-state index is -0.612. The minimum absolute atomic E-state index is 0.197. The summed E-state index contributed by atoms with van der Waals surface area (Å²) in [7, 11) is 4.06. The average molecular weight is 434 g/mol. The van der Waals surface area contributed by atoms with Gasteiger partial charge in [-0.15, -0.1) is 0 Å². The number of hydrogen-bond acceptors (Lipinski definition) is 4. The van der Waals surface area contributed by atoms with Gasteiger partial charge in [-0.25, -0.2) is 0 Å². The van der Waals surface area contributed by atoms with Gasteiger partial charge in [0, 0.05) is 13.1 Å². The van der Waals surface area contributed by atoms with Crippen molar-refractivity contribution in [3.05, 3.63) is 70.2 Å². The summed E-state index contributed by atoms with van der Waals surface area (Å²) < 4.78 is 0. The van der Waals surface area contributed by atoms with Crippen LogP contribution in [0.5, 0.6) is 0 Å². The summed E-state index contributed by atoms with van der Waals surface area (Å²) in [4.78, 5) is 27.4. The molecule has 0 fully saturated rings. The summed E-state index contributed by atoms with van der Waals surface area (Å²) in [5, 5.41) is 6.12. The molecular formula is C22H28ClN3O2S. The van der Waals surface area contributed by atoms with E-state index in [9.17, 15) is 9.59 Å². The van der Waals surface area contributed by atoms with Gasteiger partial charge in [-0.3, -0.25) is 9.59 Å². The van der Waals surface area contributed by atoms with Crippen LogP contribution < -0.4 is 10.6 Å². The highest BCUT2D eigenvalue weighted by Gasteiger charge is 2.22. The molecule has 1 unspecified atom stereocenters. The van der Waals surface area contributed by atoms with Crippen LogP contribution in [0, 0.1) is 0 Å². The van der Waals surface area contributed by atoms with E-state index in [1.165, 1.54) is 5.56 Å². The number of carbonyl (C=O) groups excluding carboxylic acids is 2. The van der Waals surface area contributed by atoms with Gasteiger partial charge in [0.05, 0.1) is 10.6 Å². The molecule has 0 saturated carbocycles. The van der Waals surface area contributed by atoms with Crippen LogP contribution in [0.3, 0.4) is 0 Å². The molecule has 156 valence electrons. The van der Waals surface area contributed by atoms with Crippen molar-refractivity contribution in [2.24, 2.45) is 0 Å². The number of amides is 2. The number of nitrogens with one attached hydrogen (secondary N) is 2. The standard InChI is InChI=1S/C22H28ClN3O2S/c1-26(2)15-17-10-8-16(9-11-17)14-24-22(28)20(12-13-29-3)25-21(27)18-6-4-5-7-19(18)23/h4-11,20H,12-15H2,1-3H3,(H,24,28)(H,25,27). The summed E-state index contributed by atoms with van der Waals surface area (Å²) in [6.45, 7) is 1.29. The Hall–Kier alpha value is -2.02. The Kier molecular flexibility index (Phi) is 9.51. The quantitative estimate of drug-likeness (QED) is 0.601. The third-order valence-electron chi connectivity index (χ3n) is 4.34.